The van der Waals surface area contributed by atoms with E-state index in [9.17, 15) is 9.59 Å². The third-order valence-corrected chi connectivity index (χ3v) is 3.82. The van der Waals surface area contributed by atoms with Crippen molar-refractivity contribution < 1.29 is 14.0 Å². The van der Waals surface area contributed by atoms with Crippen LogP contribution in [0.25, 0.3) is 0 Å². The average Bonchev–Trinajstić information content (AvgIpc) is 3.18. The van der Waals surface area contributed by atoms with Gasteiger partial charge in [-0.25, -0.2) is 0 Å². The van der Waals surface area contributed by atoms with Crippen molar-refractivity contribution in [1.82, 2.24) is 14.7 Å². The van der Waals surface area contributed by atoms with Gasteiger partial charge in [0.05, 0.1) is 29.6 Å². The number of aryl methyl sites for hydroxylation is 1. The number of aromatic nitrogens is 2. The minimum atomic E-state index is -0.204. The van der Waals surface area contributed by atoms with Crippen LogP contribution in [0.2, 0.25) is 0 Å². The lowest BCUT2D eigenvalue weighted by molar-refractivity contribution is -0.121. The summed E-state index contributed by atoms with van der Waals surface area (Å²) in [5.74, 6) is -0.366. The van der Waals surface area contributed by atoms with E-state index in [1.807, 2.05) is 0 Å². The van der Waals surface area contributed by atoms with E-state index in [0.29, 0.717) is 24.3 Å². The highest BCUT2D eigenvalue weighted by Gasteiger charge is 2.29. The van der Waals surface area contributed by atoms with Crippen molar-refractivity contribution in [2.45, 2.75) is 12.8 Å². The third kappa shape index (κ3) is 3.03. The first kappa shape index (κ1) is 14.4. The molecule has 0 radical (unpaired) electrons. The molecule has 3 heterocycles. The topological polar surface area (TPSA) is 80.4 Å². The monoisotopic (exact) mass is 302 g/mol. The second-order valence-corrected chi connectivity index (χ2v) is 5.49. The van der Waals surface area contributed by atoms with E-state index in [4.69, 9.17) is 4.42 Å². The fourth-order valence-electron chi connectivity index (χ4n) is 2.67. The second kappa shape index (κ2) is 6.05. The molecular formula is C15H18N4O3. The Morgan fingerprint density at radius 1 is 1.45 bits per heavy atom. The Bertz CT molecular complexity index is 662. The van der Waals surface area contributed by atoms with Crippen molar-refractivity contribution in [1.29, 1.82) is 0 Å². The van der Waals surface area contributed by atoms with Crippen LogP contribution < -0.4 is 5.32 Å². The van der Waals surface area contributed by atoms with E-state index in [1.165, 1.54) is 12.5 Å². The predicted molar refractivity (Wildman–Crippen MR) is 79.2 cm³/mol. The van der Waals surface area contributed by atoms with Crippen LogP contribution >= 0.6 is 0 Å². The summed E-state index contributed by atoms with van der Waals surface area (Å²) >= 11 is 0. The Labute approximate surface area is 127 Å². The molecule has 2 amide bonds. The number of piperidine rings is 1. The first-order valence-corrected chi connectivity index (χ1v) is 7.24. The molecule has 0 saturated carbocycles. The van der Waals surface area contributed by atoms with Gasteiger partial charge < -0.3 is 14.6 Å². The SMILES string of the molecule is Cn1cc(NC(=O)C2CCCN(C(=O)c3ccoc3)C2)cn1. The van der Waals surface area contributed by atoms with Gasteiger partial charge in [-0.05, 0) is 18.9 Å². The molecule has 116 valence electrons. The fraction of sp³-hybridized carbons (Fsp3) is 0.400. The van der Waals surface area contributed by atoms with Gasteiger partial charge in [0.1, 0.15) is 6.26 Å². The van der Waals surface area contributed by atoms with Gasteiger partial charge in [0.15, 0.2) is 0 Å². The normalized spacial score (nSPS) is 18.2. The largest absolute Gasteiger partial charge is 0.472 e. The minimum Gasteiger partial charge on any atom is -0.472 e. The molecule has 7 heteroatoms. The van der Waals surface area contributed by atoms with Crippen LogP contribution in [0, 0.1) is 5.92 Å². The van der Waals surface area contributed by atoms with Gasteiger partial charge >= 0.3 is 0 Å². The smallest absolute Gasteiger partial charge is 0.257 e. The number of hydrogen-bond donors (Lipinski definition) is 1. The zero-order valence-electron chi connectivity index (χ0n) is 12.4. The molecule has 7 nitrogen and oxygen atoms in total. The molecule has 2 aromatic heterocycles. The van der Waals surface area contributed by atoms with Crippen molar-refractivity contribution in [3.05, 3.63) is 36.5 Å². The first-order valence-electron chi connectivity index (χ1n) is 7.24. The number of hydrogen-bond acceptors (Lipinski definition) is 4. The lowest BCUT2D eigenvalue weighted by Gasteiger charge is -2.31. The Hall–Kier alpha value is -2.57. The third-order valence-electron chi connectivity index (χ3n) is 3.82. The fourth-order valence-corrected chi connectivity index (χ4v) is 2.67. The highest BCUT2D eigenvalue weighted by Crippen LogP contribution is 2.20. The van der Waals surface area contributed by atoms with Crippen LogP contribution in [0.4, 0.5) is 5.69 Å². The Kier molecular flexibility index (Phi) is 3.95. The molecule has 1 aliphatic heterocycles. The van der Waals surface area contributed by atoms with Gasteiger partial charge in [-0.1, -0.05) is 0 Å². The van der Waals surface area contributed by atoms with Crippen LogP contribution in [0.3, 0.4) is 0 Å². The number of amides is 2. The number of nitrogens with zero attached hydrogens (tertiary/aromatic N) is 3. The number of carbonyl (C=O) groups is 2. The number of furan rings is 1. The van der Waals surface area contributed by atoms with Gasteiger partial charge in [-0.2, -0.15) is 5.10 Å². The lowest BCUT2D eigenvalue weighted by atomic mass is 9.96. The molecule has 0 spiro atoms. The summed E-state index contributed by atoms with van der Waals surface area (Å²) in [5.41, 5.74) is 1.19. The Balaban J connectivity index is 1.62. The molecule has 22 heavy (non-hydrogen) atoms. The van der Waals surface area contributed by atoms with Crippen molar-refractivity contribution in [3.8, 4) is 0 Å². The lowest BCUT2D eigenvalue weighted by Crippen LogP contribution is -2.43. The standard InChI is InChI=1S/C15H18N4O3/c1-18-9-13(7-16-18)17-14(20)11-3-2-5-19(8-11)15(21)12-4-6-22-10-12/h4,6-7,9-11H,2-3,5,8H2,1H3,(H,17,20). The molecular weight excluding hydrogens is 284 g/mol. The van der Waals surface area contributed by atoms with Gasteiger partial charge in [0, 0.05) is 26.3 Å². The van der Waals surface area contributed by atoms with Crippen LogP contribution in [-0.4, -0.2) is 39.6 Å². The summed E-state index contributed by atoms with van der Waals surface area (Å²) in [6.07, 6.45) is 7.85. The van der Waals surface area contributed by atoms with E-state index < -0.39 is 0 Å². The second-order valence-electron chi connectivity index (χ2n) is 5.49. The molecule has 1 fully saturated rings. The Morgan fingerprint density at radius 2 is 2.32 bits per heavy atom. The van der Waals surface area contributed by atoms with E-state index in [0.717, 1.165) is 12.8 Å². The first-order chi connectivity index (χ1) is 10.6. The summed E-state index contributed by atoms with van der Waals surface area (Å²) in [5, 5.41) is 6.87. The molecule has 0 aromatic carbocycles. The Morgan fingerprint density at radius 3 is 3.00 bits per heavy atom. The van der Waals surface area contributed by atoms with Gasteiger partial charge in [-0.3, -0.25) is 14.3 Å². The van der Waals surface area contributed by atoms with E-state index in [2.05, 4.69) is 10.4 Å². The molecule has 0 aliphatic carbocycles. The van der Waals surface area contributed by atoms with Crippen molar-refractivity contribution >= 4 is 17.5 Å². The molecule has 1 aliphatic rings. The summed E-state index contributed by atoms with van der Waals surface area (Å²) in [7, 11) is 1.79. The molecule has 2 aromatic rings. The molecule has 0 bridgehead atoms. The number of likely N-dealkylation sites (tertiary alicyclic amines) is 1. The maximum Gasteiger partial charge on any atom is 0.257 e. The van der Waals surface area contributed by atoms with Gasteiger partial charge in [-0.15, -0.1) is 0 Å². The maximum absolute atomic E-state index is 12.3. The molecule has 1 atom stereocenters. The summed E-state index contributed by atoms with van der Waals surface area (Å²) in [6, 6.07) is 1.64. The zero-order chi connectivity index (χ0) is 15.5. The minimum absolute atomic E-state index is 0.0716. The average molecular weight is 302 g/mol. The van der Waals surface area contributed by atoms with Crippen molar-refractivity contribution in [3.63, 3.8) is 0 Å². The van der Waals surface area contributed by atoms with Crippen molar-refractivity contribution in [2.24, 2.45) is 13.0 Å². The highest BCUT2D eigenvalue weighted by molar-refractivity contribution is 5.96. The number of rotatable bonds is 3. The maximum atomic E-state index is 12.3. The zero-order valence-corrected chi connectivity index (χ0v) is 12.4. The van der Waals surface area contributed by atoms with Gasteiger partial charge in [0.25, 0.3) is 5.91 Å². The number of carbonyl (C=O) groups excluding carboxylic acids is 2. The molecule has 3 rings (SSSR count). The van der Waals surface area contributed by atoms with Crippen LogP contribution in [-0.2, 0) is 11.8 Å². The highest BCUT2D eigenvalue weighted by atomic mass is 16.3. The van der Waals surface area contributed by atoms with Crippen molar-refractivity contribution in [2.75, 3.05) is 18.4 Å². The molecule has 1 saturated heterocycles. The molecule has 1 N–H and O–H groups in total. The van der Waals surface area contributed by atoms with Crippen LogP contribution in [0.15, 0.2) is 35.4 Å². The summed E-state index contributed by atoms with van der Waals surface area (Å²) in [4.78, 5) is 26.3. The quantitative estimate of drug-likeness (QED) is 0.932. The van der Waals surface area contributed by atoms with Gasteiger partial charge in [0.2, 0.25) is 5.91 Å². The summed E-state index contributed by atoms with van der Waals surface area (Å²) in [6.45, 7) is 1.09. The van der Waals surface area contributed by atoms with Crippen LogP contribution in [0.5, 0.6) is 0 Å². The van der Waals surface area contributed by atoms with E-state index in [1.54, 1.807) is 35.1 Å². The number of anilines is 1. The van der Waals surface area contributed by atoms with E-state index >= 15 is 0 Å². The van der Waals surface area contributed by atoms with E-state index in [-0.39, 0.29) is 17.7 Å². The number of nitrogens with one attached hydrogen (secondary N) is 1. The summed E-state index contributed by atoms with van der Waals surface area (Å²) < 4.78 is 6.58. The molecule has 1 unspecified atom stereocenters. The predicted octanol–water partition coefficient (Wildman–Crippen LogP) is 1.50. The van der Waals surface area contributed by atoms with Crippen LogP contribution in [0.1, 0.15) is 23.2 Å².